The second-order valence-corrected chi connectivity index (χ2v) is 9.14. The summed E-state index contributed by atoms with van der Waals surface area (Å²) in [6, 6.07) is 16.0. The number of piperazine rings is 1. The highest BCUT2D eigenvalue weighted by Crippen LogP contribution is 2.20. The van der Waals surface area contributed by atoms with Crippen LogP contribution in [0.3, 0.4) is 0 Å². The summed E-state index contributed by atoms with van der Waals surface area (Å²) in [5.74, 6) is 1.05. The lowest BCUT2D eigenvalue weighted by atomic mass is 10.1. The molecule has 154 valence electrons. The van der Waals surface area contributed by atoms with Gasteiger partial charge in [-0.25, -0.2) is 8.42 Å². The van der Waals surface area contributed by atoms with Crippen molar-refractivity contribution in [3.05, 3.63) is 65.5 Å². The van der Waals surface area contributed by atoms with E-state index in [2.05, 4.69) is 15.0 Å². The summed E-state index contributed by atoms with van der Waals surface area (Å²) in [4.78, 5) is 6.69. The molecule has 0 spiro atoms. The van der Waals surface area contributed by atoms with E-state index in [0.29, 0.717) is 50.0 Å². The van der Waals surface area contributed by atoms with Gasteiger partial charge in [0.15, 0.2) is 0 Å². The minimum absolute atomic E-state index is 0.148. The molecule has 9 heteroatoms. The van der Waals surface area contributed by atoms with Gasteiger partial charge >= 0.3 is 0 Å². The fourth-order valence-corrected chi connectivity index (χ4v) is 4.80. The van der Waals surface area contributed by atoms with Crippen molar-refractivity contribution in [3.63, 3.8) is 0 Å². The predicted molar refractivity (Wildman–Crippen MR) is 110 cm³/mol. The number of hydrogen-bond acceptors (Lipinski definition) is 7. The summed E-state index contributed by atoms with van der Waals surface area (Å²) in [5, 5.41) is 13.1. The van der Waals surface area contributed by atoms with Crippen LogP contribution in [0.5, 0.6) is 0 Å². The quantitative estimate of drug-likeness (QED) is 0.621. The molecule has 2 aromatic carbocycles. The zero-order valence-corrected chi connectivity index (χ0v) is 17.3. The topological polar surface area (TPSA) is 103 Å². The van der Waals surface area contributed by atoms with Gasteiger partial charge in [0.2, 0.25) is 21.7 Å². The molecule has 0 aliphatic carbocycles. The Morgan fingerprint density at radius 2 is 1.83 bits per heavy atom. The van der Waals surface area contributed by atoms with E-state index in [1.165, 1.54) is 16.4 Å². The zero-order valence-electron chi connectivity index (χ0n) is 16.5. The van der Waals surface area contributed by atoms with E-state index in [1.807, 2.05) is 37.3 Å². The molecule has 0 atom stereocenters. The summed E-state index contributed by atoms with van der Waals surface area (Å²) in [6.45, 7) is 4.32. The third-order valence-electron chi connectivity index (χ3n) is 5.07. The van der Waals surface area contributed by atoms with Gasteiger partial charge in [-0.15, -0.1) is 0 Å². The molecule has 2 heterocycles. The van der Waals surface area contributed by atoms with E-state index in [1.54, 1.807) is 12.1 Å². The number of nitriles is 1. The number of sulfonamides is 1. The molecule has 1 saturated heterocycles. The first kappa shape index (κ1) is 20.2. The Bertz CT molecular complexity index is 1170. The summed E-state index contributed by atoms with van der Waals surface area (Å²) >= 11 is 0. The van der Waals surface area contributed by atoms with E-state index < -0.39 is 10.0 Å². The van der Waals surface area contributed by atoms with Crippen LogP contribution in [0.1, 0.15) is 17.0 Å². The van der Waals surface area contributed by atoms with Crippen molar-refractivity contribution in [1.82, 2.24) is 19.3 Å². The van der Waals surface area contributed by atoms with E-state index in [9.17, 15) is 8.42 Å². The maximum Gasteiger partial charge on any atom is 0.243 e. The maximum atomic E-state index is 12.9. The first-order valence-corrected chi connectivity index (χ1v) is 11.0. The van der Waals surface area contributed by atoms with E-state index in [0.717, 1.165) is 11.1 Å². The Morgan fingerprint density at radius 3 is 2.53 bits per heavy atom. The molecule has 1 aromatic heterocycles. The summed E-state index contributed by atoms with van der Waals surface area (Å²) in [6.07, 6.45) is 0. The van der Waals surface area contributed by atoms with Crippen molar-refractivity contribution >= 4 is 10.0 Å². The van der Waals surface area contributed by atoms with Gasteiger partial charge in [-0.2, -0.15) is 14.6 Å². The van der Waals surface area contributed by atoms with Gasteiger partial charge < -0.3 is 4.52 Å². The van der Waals surface area contributed by atoms with Gasteiger partial charge in [0, 0.05) is 31.7 Å². The Labute approximate surface area is 175 Å². The zero-order chi connectivity index (χ0) is 21.1. The minimum atomic E-state index is -3.62. The average Bonchev–Trinajstić information content (AvgIpc) is 3.23. The lowest BCUT2D eigenvalue weighted by Crippen LogP contribution is -2.48. The SMILES string of the molecule is Cc1ccc(-c2noc(CN3CCN(S(=O)(=O)c4cccc(C#N)c4)CC3)n2)cc1. The van der Waals surface area contributed by atoms with Gasteiger partial charge in [-0.1, -0.05) is 41.1 Å². The second kappa shape index (κ2) is 8.36. The van der Waals surface area contributed by atoms with Crippen molar-refractivity contribution in [2.24, 2.45) is 0 Å². The number of hydrogen-bond donors (Lipinski definition) is 0. The normalized spacial score (nSPS) is 15.7. The standard InChI is InChI=1S/C21H21N5O3S/c1-16-5-7-18(8-6-16)21-23-20(29-24-21)15-25-9-11-26(12-10-25)30(27,28)19-4-2-3-17(13-19)14-22/h2-8,13H,9-12,15H2,1H3. The lowest BCUT2D eigenvalue weighted by molar-refractivity contribution is 0.163. The van der Waals surface area contributed by atoms with Crippen LogP contribution >= 0.6 is 0 Å². The molecule has 30 heavy (non-hydrogen) atoms. The first-order valence-electron chi connectivity index (χ1n) is 9.58. The van der Waals surface area contributed by atoms with Gasteiger partial charge in [0.1, 0.15) is 0 Å². The van der Waals surface area contributed by atoms with Crippen LogP contribution in [0.4, 0.5) is 0 Å². The molecule has 8 nitrogen and oxygen atoms in total. The molecule has 1 aliphatic heterocycles. The van der Waals surface area contributed by atoms with E-state index in [-0.39, 0.29) is 4.90 Å². The minimum Gasteiger partial charge on any atom is -0.338 e. The second-order valence-electron chi connectivity index (χ2n) is 7.20. The molecule has 0 bridgehead atoms. The number of aryl methyl sites for hydroxylation is 1. The molecule has 4 rings (SSSR count). The molecular weight excluding hydrogens is 402 g/mol. The third kappa shape index (κ3) is 4.26. The van der Waals surface area contributed by atoms with Crippen molar-refractivity contribution < 1.29 is 12.9 Å². The molecule has 1 aliphatic rings. The van der Waals surface area contributed by atoms with Crippen LogP contribution in [0.25, 0.3) is 11.4 Å². The molecule has 0 unspecified atom stereocenters. The monoisotopic (exact) mass is 423 g/mol. The smallest absolute Gasteiger partial charge is 0.243 e. The predicted octanol–water partition coefficient (Wildman–Crippen LogP) is 2.42. The largest absolute Gasteiger partial charge is 0.338 e. The van der Waals surface area contributed by atoms with Crippen LogP contribution in [0, 0.1) is 18.3 Å². The van der Waals surface area contributed by atoms with Crippen LogP contribution in [-0.2, 0) is 16.6 Å². The van der Waals surface area contributed by atoms with Crippen LogP contribution in [0.15, 0.2) is 57.9 Å². The number of nitrogens with zero attached hydrogens (tertiary/aromatic N) is 5. The molecule has 3 aromatic rings. The molecule has 1 fully saturated rings. The number of rotatable bonds is 5. The van der Waals surface area contributed by atoms with Crippen LogP contribution in [-0.4, -0.2) is 53.9 Å². The Hall–Kier alpha value is -3.06. The fraction of sp³-hybridized carbons (Fsp3) is 0.286. The molecule has 0 amide bonds. The molecule has 0 N–H and O–H groups in total. The first-order chi connectivity index (χ1) is 14.5. The third-order valence-corrected chi connectivity index (χ3v) is 6.96. The average molecular weight is 423 g/mol. The summed E-state index contributed by atoms with van der Waals surface area (Å²) in [5.41, 5.74) is 2.39. The van der Waals surface area contributed by atoms with Gasteiger partial charge in [-0.3, -0.25) is 4.90 Å². The highest BCUT2D eigenvalue weighted by Gasteiger charge is 2.29. The summed E-state index contributed by atoms with van der Waals surface area (Å²) < 4.78 is 32.5. The maximum absolute atomic E-state index is 12.9. The van der Waals surface area contributed by atoms with Crippen molar-refractivity contribution in [3.8, 4) is 17.5 Å². The molecule has 0 saturated carbocycles. The molecular formula is C21H21N5O3S. The highest BCUT2D eigenvalue weighted by molar-refractivity contribution is 7.89. The Kier molecular flexibility index (Phi) is 5.63. The van der Waals surface area contributed by atoms with Gasteiger partial charge in [-0.05, 0) is 25.1 Å². The highest BCUT2D eigenvalue weighted by atomic mass is 32.2. The Balaban J connectivity index is 1.38. The Morgan fingerprint density at radius 1 is 1.10 bits per heavy atom. The summed E-state index contributed by atoms with van der Waals surface area (Å²) in [7, 11) is -3.62. The van der Waals surface area contributed by atoms with Crippen molar-refractivity contribution in [2.45, 2.75) is 18.4 Å². The van der Waals surface area contributed by atoms with E-state index >= 15 is 0 Å². The fourth-order valence-electron chi connectivity index (χ4n) is 3.33. The van der Waals surface area contributed by atoms with Crippen LogP contribution in [0.2, 0.25) is 0 Å². The van der Waals surface area contributed by atoms with Gasteiger partial charge in [0.25, 0.3) is 0 Å². The molecule has 0 radical (unpaired) electrons. The number of aromatic nitrogens is 2. The number of benzene rings is 2. The van der Waals surface area contributed by atoms with Crippen molar-refractivity contribution in [2.75, 3.05) is 26.2 Å². The van der Waals surface area contributed by atoms with Crippen molar-refractivity contribution in [1.29, 1.82) is 5.26 Å². The van der Waals surface area contributed by atoms with Crippen LogP contribution < -0.4 is 0 Å². The lowest BCUT2D eigenvalue weighted by Gasteiger charge is -2.33. The van der Waals surface area contributed by atoms with E-state index in [4.69, 9.17) is 9.78 Å². The van der Waals surface area contributed by atoms with Gasteiger partial charge in [0.05, 0.1) is 23.1 Å².